The number of fused-ring (bicyclic) bond motifs is 5. The van der Waals surface area contributed by atoms with E-state index in [1.165, 1.54) is 5.57 Å². The van der Waals surface area contributed by atoms with Crippen LogP contribution in [-0.2, 0) is 46.6 Å². The van der Waals surface area contributed by atoms with E-state index in [1.807, 2.05) is 11.0 Å². The smallest absolute Gasteiger partial charge is 0.317 e. The van der Waals surface area contributed by atoms with Crippen molar-refractivity contribution in [3.05, 3.63) is 23.5 Å². The molecule has 4 aliphatic carbocycles. The number of carbonyl (C=O) groups is 6. The molecule has 6 rings (SSSR count). The SMILES string of the molecule is C[C@]12CC[C@H]3[C@@H](CCC4=CC(=O)CC[C@@]43C)[C@@H]1CC[C@@H]2C(=O)COCCCCCn1cc(CNC(=O)CN2CCN(CC(=O)O)CCN(CC(=O)O)CCN(CC(=O)O)CC2)nn1. The van der Waals surface area contributed by atoms with E-state index < -0.39 is 17.9 Å². The van der Waals surface area contributed by atoms with Crippen molar-refractivity contribution in [2.24, 2.45) is 34.5 Å². The quantitative estimate of drug-likeness (QED) is 0.146. The minimum absolute atomic E-state index is 0.0131. The number of rotatable bonds is 19. The van der Waals surface area contributed by atoms with Crippen LogP contribution >= 0.6 is 0 Å². The van der Waals surface area contributed by atoms with E-state index in [4.69, 9.17) is 4.74 Å². The number of aryl methyl sites for hydroxylation is 1. The summed E-state index contributed by atoms with van der Waals surface area (Å²) >= 11 is 0. The molecule has 0 unspecified atom stereocenters. The Morgan fingerprint density at radius 1 is 0.746 bits per heavy atom. The van der Waals surface area contributed by atoms with Crippen LogP contribution in [0.4, 0.5) is 0 Å². The second-order valence-electron chi connectivity index (χ2n) is 19.3. The van der Waals surface area contributed by atoms with Crippen LogP contribution in [0.2, 0.25) is 0 Å². The van der Waals surface area contributed by atoms with Gasteiger partial charge in [0.15, 0.2) is 11.6 Å². The molecule has 350 valence electrons. The Morgan fingerprint density at radius 2 is 1.35 bits per heavy atom. The topological polar surface area (TPSA) is 228 Å². The summed E-state index contributed by atoms with van der Waals surface area (Å²) < 4.78 is 7.70. The molecule has 1 aromatic rings. The lowest BCUT2D eigenvalue weighted by Crippen LogP contribution is -2.51. The molecule has 6 atom stereocenters. The zero-order valence-electron chi connectivity index (χ0n) is 37.4. The lowest BCUT2D eigenvalue weighted by Gasteiger charge is -2.58. The number of Topliss-reactive ketones (excluding diaryl/α,β-unsaturated/α-hetero) is 1. The summed E-state index contributed by atoms with van der Waals surface area (Å²) in [6.07, 6.45) is 14.4. The van der Waals surface area contributed by atoms with Gasteiger partial charge >= 0.3 is 17.9 Å². The number of unbranched alkanes of at least 4 members (excludes halogenated alkanes) is 2. The number of nitrogens with zero attached hydrogens (tertiary/aromatic N) is 7. The van der Waals surface area contributed by atoms with Crippen LogP contribution in [0, 0.1) is 34.5 Å². The first-order valence-electron chi connectivity index (χ1n) is 23.2. The number of ketones is 2. The molecule has 0 aromatic carbocycles. The van der Waals surface area contributed by atoms with Crippen molar-refractivity contribution in [3.63, 3.8) is 0 Å². The number of hydrogen-bond donors (Lipinski definition) is 4. The fourth-order valence-corrected chi connectivity index (χ4v) is 11.8. The van der Waals surface area contributed by atoms with Crippen LogP contribution in [0.3, 0.4) is 0 Å². The monoisotopic (exact) mass is 883 g/mol. The van der Waals surface area contributed by atoms with Crippen molar-refractivity contribution < 1.29 is 48.8 Å². The third-order valence-electron chi connectivity index (χ3n) is 15.2. The molecular formula is C45H70N8O10. The van der Waals surface area contributed by atoms with Crippen molar-refractivity contribution in [2.45, 2.75) is 97.6 Å². The van der Waals surface area contributed by atoms with Gasteiger partial charge in [-0.2, -0.15) is 0 Å². The van der Waals surface area contributed by atoms with Crippen LogP contribution in [0.15, 0.2) is 17.8 Å². The van der Waals surface area contributed by atoms with Crippen LogP contribution in [0.1, 0.15) is 90.2 Å². The highest BCUT2D eigenvalue weighted by molar-refractivity contribution is 5.91. The molecule has 1 amide bonds. The maximum Gasteiger partial charge on any atom is 0.317 e. The van der Waals surface area contributed by atoms with Gasteiger partial charge in [-0.3, -0.25) is 53.0 Å². The molecule has 18 nitrogen and oxygen atoms in total. The summed E-state index contributed by atoms with van der Waals surface area (Å²) in [5.74, 6) is -0.886. The Bertz CT molecular complexity index is 1790. The van der Waals surface area contributed by atoms with E-state index >= 15 is 0 Å². The Balaban J connectivity index is 0.882. The number of ether oxygens (including phenoxy) is 1. The normalized spacial score (nSPS) is 29.0. The summed E-state index contributed by atoms with van der Waals surface area (Å²) in [7, 11) is 0. The minimum Gasteiger partial charge on any atom is -0.480 e. The summed E-state index contributed by atoms with van der Waals surface area (Å²) in [4.78, 5) is 80.5. The number of nitrogens with one attached hydrogen (secondary N) is 1. The number of hydrogen-bond acceptors (Lipinski definition) is 13. The first-order chi connectivity index (χ1) is 30.1. The van der Waals surface area contributed by atoms with Crippen molar-refractivity contribution in [1.29, 1.82) is 0 Å². The number of aromatic nitrogens is 3. The number of carbonyl (C=O) groups excluding carboxylic acids is 3. The van der Waals surface area contributed by atoms with E-state index in [9.17, 15) is 44.1 Å². The van der Waals surface area contributed by atoms with Gasteiger partial charge in [-0.05, 0) is 98.9 Å². The Morgan fingerprint density at radius 3 is 1.95 bits per heavy atom. The first kappa shape index (κ1) is 48.4. The van der Waals surface area contributed by atoms with Gasteiger partial charge in [-0.15, -0.1) is 5.10 Å². The lowest BCUT2D eigenvalue weighted by molar-refractivity contribution is -0.140. The van der Waals surface area contributed by atoms with Crippen molar-refractivity contribution in [1.82, 2.24) is 39.9 Å². The van der Waals surface area contributed by atoms with Crippen LogP contribution < -0.4 is 5.32 Å². The van der Waals surface area contributed by atoms with E-state index in [0.29, 0.717) is 95.4 Å². The summed E-state index contributed by atoms with van der Waals surface area (Å²) in [5.41, 5.74) is 2.16. The maximum atomic E-state index is 13.6. The molecule has 1 aliphatic heterocycles. The molecular weight excluding hydrogens is 813 g/mol. The molecule has 18 heteroatoms. The number of allylic oxidation sites excluding steroid dienone is 1. The maximum absolute atomic E-state index is 13.6. The molecule has 0 bridgehead atoms. The highest BCUT2D eigenvalue weighted by atomic mass is 16.5. The van der Waals surface area contributed by atoms with Gasteiger partial charge in [0.1, 0.15) is 12.3 Å². The number of amides is 1. The van der Waals surface area contributed by atoms with E-state index in [0.717, 1.165) is 64.2 Å². The molecule has 1 aromatic heterocycles. The highest BCUT2D eigenvalue weighted by Gasteiger charge is 2.60. The predicted molar refractivity (Wildman–Crippen MR) is 230 cm³/mol. The molecule has 3 saturated carbocycles. The average molecular weight is 883 g/mol. The summed E-state index contributed by atoms with van der Waals surface area (Å²) in [6.45, 7) is 8.16. The zero-order valence-corrected chi connectivity index (χ0v) is 37.4. The molecule has 0 spiro atoms. The average Bonchev–Trinajstić information content (AvgIpc) is 3.84. The molecule has 63 heavy (non-hydrogen) atoms. The van der Waals surface area contributed by atoms with Crippen LogP contribution in [-0.4, -0.2) is 177 Å². The van der Waals surface area contributed by atoms with Gasteiger partial charge in [0.2, 0.25) is 5.91 Å². The van der Waals surface area contributed by atoms with Crippen LogP contribution in [0.5, 0.6) is 0 Å². The fourth-order valence-electron chi connectivity index (χ4n) is 11.8. The third kappa shape index (κ3) is 13.0. The van der Waals surface area contributed by atoms with Gasteiger partial charge in [-0.25, -0.2) is 0 Å². The largest absolute Gasteiger partial charge is 0.480 e. The number of carboxylic acids is 3. The van der Waals surface area contributed by atoms with Crippen LogP contribution in [0.25, 0.3) is 0 Å². The van der Waals surface area contributed by atoms with Gasteiger partial charge < -0.3 is 25.4 Å². The first-order valence-corrected chi connectivity index (χ1v) is 23.2. The second-order valence-corrected chi connectivity index (χ2v) is 19.3. The number of aliphatic carboxylic acids is 3. The third-order valence-corrected chi connectivity index (χ3v) is 15.2. The molecule has 1 saturated heterocycles. The Kier molecular flexibility index (Phi) is 17.0. The number of carboxylic acid groups (broad SMARTS) is 3. The predicted octanol–water partition coefficient (Wildman–Crippen LogP) is 2.27. The second kappa shape index (κ2) is 22.2. The molecule has 4 fully saturated rings. The van der Waals surface area contributed by atoms with Gasteiger partial charge in [0.25, 0.3) is 0 Å². The fraction of sp³-hybridized carbons (Fsp3) is 0.778. The van der Waals surface area contributed by atoms with Gasteiger partial charge in [-0.1, -0.05) is 24.6 Å². The Hall–Kier alpha value is -4.10. The van der Waals surface area contributed by atoms with Crippen molar-refractivity contribution in [3.8, 4) is 0 Å². The molecule has 4 N–H and O–H groups in total. The molecule has 2 heterocycles. The zero-order chi connectivity index (χ0) is 45.1. The van der Waals surface area contributed by atoms with Gasteiger partial charge in [0, 0.05) is 77.8 Å². The van der Waals surface area contributed by atoms with Crippen molar-refractivity contribution >= 4 is 35.4 Å². The van der Waals surface area contributed by atoms with E-state index in [2.05, 4.69) is 29.5 Å². The highest BCUT2D eigenvalue weighted by Crippen LogP contribution is 2.66. The molecule has 5 aliphatic rings. The Labute approximate surface area is 370 Å². The lowest BCUT2D eigenvalue weighted by atomic mass is 9.46. The van der Waals surface area contributed by atoms with Gasteiger partial charge in [0.05, 0.1) is 38.9 Å². The minimum atomic E-state index is -1.02. The summed E-state index contributed by atoms with van der Waals surface area (Å²) in [6, 6.07) is 0. The molecule has 0 radical (unpaired) electrons. The van der Waals surface area contributed by atoms with E-state index in [-0.39, 0.29) is 73.6 Å². The van der Waals surface area contributed by atoms with Crippen molar-refractivity contribution in [2.75, 3.05) is 91.8 Å². The van der Waals surface area contributed by atoms with E-state index in [1.54, 1.807) is 25.6 Å². The standard InChI is InChI=1S/C45H70N8O10/c1-44-12-10-34(54)24-32(44)6-7-35-36-8-9-38(45(36,2)13-11-37(35)44)39(55)31-63-23-5-3-4-14-53-26-33(47-48-53)25-46-40(56)27-49-15-17-50(28-41(57)58)19-21-52(30-43(61)62)22-20-51(18-16-49)29-42(59)60/h24,26,35-38H,3-23,25,27-31H2,1-2H3,(H,46,56)(H,57,58)(H,59,60)(H,61,62)/t35-,36-,37-,38+,44-,45-/m0/s1. The summed E-state index contributed by atoms with van der Waals surface area (Å²) in [5, 5.41) is 39.6.